The molecule has 3 heterocycles. The molecule has 0 aliphatic rings. The van der Waals surface area contributed by atoms with Crippen LogP contribution in [0.3, 0.4) is 0 Å². The largest absolute Gasteiger partial charge is 0.417 e. The van der Waals surface area contributed by atoms with E-state index in [2.05, 4.69) is 24.9 Å². The molecule has 9 heteroatoms. The maximum atomic E-state index is 12.3. The lowest BCUT2D eigenvalue weighted by atomic mass is 10.2. The van der Waals surface area contributed by atoms with Crippen LogP contribution in [-0.4, -0.2) is 24.9 Å². The average Bonchev–Trinajstić information content (AvgIpc) is 2.49. The number of aromatic nitrogens is 5. The fraction of sp³-hybridized carbons (Fsp3) is 0.0833. The molecule has 0 amide bonds. The maximum absolute atomic E-state index is 12.3. The fourth-order valence-electron chi connectivity index (χ4n) is 1.37. The van der Waals surface area contributed by atoms with Gasteiger partial charge in [-0.1, -0.05) is 0 Å². The van der Waals surface area contributed by atoms with Crippen LogP contribution in [0.2, 0.25) is 0 Å². The van der Waals surface area contributed by atoms with Crippen LogP contribution in [0.1, 0.15) is 5.56 Å². The van der Waals surface area contributed by atoms with Gasteiger partial charge in [-0.05, 0) is 12.1 Å². The number of nitrogen functional groups attached to an aromatic ring is 1. The zero-order valence-corrected chi connectivity index (χ0v) is 10.5. The molecule has 0 saturated heterocycles. The molecule has 0 aromatic carbocycles. The summed E-state index contributed by atoms with van der Waals surface area (Å²) in [6.07, 6.45) is 2.25. The van der Waals surface area contributed by atoms with Crippen LogP contribution in [0.25, 0.3) is 11.0 Å². The van der Waals surface area contributed by atoms with Crippen molar-refractivity contribution in [2.45, 2.75) is 6.18 Å². The lowest BCUT2D eigenvalue weighted by molar-refractivity contribution is -0.137. The summed E-state index contributed by atoms with van der Waals surface area (Å²) in [5.74, 6) is 0.0636. The van der Waals surface area contributed by atoms with E-state index in [0.717, 1.165) is 12.4 Å². The van der Waals surface area contributed by atoms with Gasteiger partial charge in [0, 0.05) is 18.6 Å². The summed E-state index contributed by atoms with van der Waals surface area (Å²) in [5.41, 5.74) is 4.82. The molecule has 0 unspecified atom stereocenters. The molecule has 108 valence electrons. The number of rotatable bonds is 0. The summed E-state index contributed by atoms with van der Waals surface area (Å²) in [5, 5.41) is 0. The minimum atomic E-state index is -4.43. The van der Waals surface area contributed by atoms with E-state index in [1.54, 1.807) is 18.5 Å². The molecule has 0 aliphatic carbocycles. The van der Waals surface area contributed by atoms with E-state index in [1.165, 1.54) is 6.33 Å². The molecule has 0 fully saturated rings. The molecule has 0 saturated carbocycles. The second-order valence-electron chi connectivity index (χ2n) is 3.75. The van der Waals surface area contributed by atoms with E-state index in [-0.39, 0.29) is 16.9 Å². The Balaban J connectivity index is 0.000000225. The van der Waals surface area contributed by atoms with E-state index in [1.807, 2.05) is 0 Å². The number of halogens is 3. The molecule has 6 nitrogen and oxygen atoms in total. The van der Waals surface area contributed by atoms with Crippen LogP contribution in [-0.2, 0) is 6.18 Å². The second kappa shape index (κ2) is 6.07. The number of hydrogen-bond acceptors (Lipinski definition) is 6. The summed E-state index contributed by atoms with van der Waals surface area (Å²) in [4.78, 5) is 18.2. The highest BCUT2D eigenvalue weighted by atomic mass is 19.4. The van der Waals surface area contributed by atoms with Gasteiger partial charge in [-0.2, -0.15) is 13.2 Å². The van der Waals surface area contributed by atoms with E-state index in [0.29, 0.717) is 6.20 Å². The summed E-state index contributed by atoms with van der Waals surface area (Å²) in [6.45, 7) is 0. The molecule has 21 heavy (non-hydrogen) atoms. The van der Waals surface area contributed by atoms with Crippen LogP contribution in [0, 0.1) is 0 Å². The minimum Gasteiger partial charge on any atom is -0.382 e. The molecule has 0 bridgehead atoms. The smallest absolute Gasteiger partial charge is 0.382 e. The van der Waals surface area contributed by atoms with Gasteiger partial charge in [0.25, 0.3) is 0 Å². The zero-order valence-electron chi connectivity index (χ0n) is 10.5. The number of pyridine rings is 1. The number of hydrogen-bond donors (Lipinski definition) is 1. The Kier molecular flexibility index (Phi) is 4.21. The van der Waals surface area contributed by atoms with Gasteiger partial charge in [0.2, 0.25) is 0 Å². The van der Waals surface area contributed by atoms with Gasteiger partial charge in [-0.15, -0.1) is 0 Å². The third kappa shape index (κ3) is 3.81. The standard InChI is InChI=1S/C8H5F3N4.C4H4N2/c9-8(10,11)4-1-5-6(13-2-4)7(12)15-3-14-5;1-2-5-4-6-3-1/h1-3H,(H2,12,14,15);1-4H. The average molecular weight is 294 g/mol. The first kappa shape index (κ1) is 14.6. The molecule has 0 radical (unpaired) electrons. The van der Waals surface area contributed by atoms with Gasteiger partial charge in [0.15, 0.2) is 5.82 Å². The highest BCUT2D eigenvalue weighted by molar-refractivity contribution is 5.83. The molecule has 3 aromatic heterocycles. The van der Waals surface area contributed by atoms with Crippen molar-refractivity contribution in [3.63, 3.8) is 0 Å². The molecule has 2 N–H and O–H groups in total. The number of nitrogens with two attached hydrogens (primary N) is 1. The number of anilines is 1. The topological polar surface area (TPSA) is 90.5 Å². The van der Waals surface area contributed by atoms with Crippen molar-refractivity contribution >= 4 is 16.9 Å². The van der Waals surface area contributed by atoms with Crippen molar-refractivity contribution in [3.05, 3.63) is 48.9 Å². The summed E-state index contributed by atoms with van der Waals surface area (Å²) in [6, 6.07) is 2.67. The molecule has 3 aromatic rings. The monoisotopic (exact) mass is 294 g/mol. The summed E-state index contributed by atoms with van der Waals surface area (Å²) < 4.78 is 36.9. The lowest BCUT2D eigenvalue weighted by Gasteiger charge is -2.06. The molecular formula is C12H9F3N6. The van der Waals surface area contributed by atoms with Crippen LogP contribution in [0.4, 0.5) is 19.0 Å². The first-order valence-corrected chi connectivity index (χ1v) is 5.62. The van der Waals surface area contributed by atoms with Crippen molar-refractivity contribution < 1.29 is 13.2 Å². The second-order valence-corrected chi connectivity index (χ2v) is 3.75. The highest BCUT2D eigenvalue weighted by Crippen LogP contribution is 2.30. The Labute approximate surface area is 116 Å². The number of nitrogens with zero attached hydrogens (tertiary/aromatic N) is 5. The fourth-order valence-corrected chi connectivity index (χ4v) is 1.37. The molecule has 0 atom stereocenters. The van der Waals surface area contributed by atoms with E-state index in [4.69, 9.17) is 5.73 Å². The van der Waals surface area contributed by atoms with Crippen molar-refractivity contribution in [3.8, 4) is 0 Å². The molecule has 0 spiro atoms. The van der Waals surface area contributed by atoms with Crippen LogP contribution in [0.15, 0.2) is 43.4 Å². The van der Waals surface area contributed by atoms with E-state index < -0.39 is 11.7 Å². The Morgan fingerprint density at radius 3 is 2.19 bits per heavy atom. The van der Waals surface area contributed by atoms with Crippen molar-refractivity contribution in [2.75, 3.05) is 5.73 Å². The van der Waals surface area contributed by atoms with Crippen LogP contribution >= 0.6 is 0 Å². The molecule has 3 rings (SSSR count). The Bertz CT molecular complexity index is 690. The number of fused-ring (bicyclic) bond motifs is 1. The van der Waals surface area contributed by atoms with Gasteiger partial charge in [-0.25, -0.2) is 19.9 Å². The van der Waals surface area contributed by atoms with Gasteiger partial charge in [-0.3, -0.25) is 4.98 Å². The molecule has 0 aliphatic heterocycles. The number of alkyl halides is 3. The third-order valence-corrected chi connectivity index (χ3v) is 2.31. The lowest BCUT2D eigenvalue weighted by Crippen LogP contribution is -2.06. The summed E-state index contributed by atoms with van der Waals surface area (Å²) >= 11 is 0. The zero-order chi connectivity index (χ0) is 15.3. The molecular weight excluding hydrogens is 285 g/mol. The van der Waals surface area contributed by atoms with Gasteiger partial charge < -0.3 is 5.73 Å². The van der Waals surface area contributed by atoms with Crippen molar-refractivity contribution in [1.82, 2.24) is 24.9 Å². The first-order chi connectivity index (χ1) is 9.98. The van der Waals surface area contributed by atoms with E-state index in [9.17, 15) is 13.2 Å². The Hall–Kier alpha value is -2.84. The van der Waals surface area contributed by atoms with E-state index >= 15 is 0 Å². The minimum absolute atomic E-state index is 0.0636. The van der Waals surface area contributed by atoms with Crippen molar-refractivity contribution in [2.24, 2.45) is 0 Å². The van der Waals surface area contributed by atoms with Gasteiger partial charge >= 0.3 is 6.18 Å². The first-order valence-electron chi connectivity index (χ1n) is 5.62. The van der Waals surface area contributed by atoms with Crippen molar-refractivity contribution in [1.29, 1.82) is 0 Å². The quantitative estimate of drug-likeness (QED) is 0.683. The third-order valence-electron chi connectivity index (χ3n) is 2.31. The normalized spacial score (nSPS) is 10.8. The predicted octanol–water partition coefficient (Wildman–Crippen LogP) is 2.10. The Morgan fingerprint density at radius 2 is 1.67 bits per heavy atom. The van der Waals surface area contributed by atoms with Gasteiger partial charge in [0.1, 0.15) is 18.2 Å². The Morgan fingerprint density at radius 1 is 0.952 bits per heavy atom. The highest BCUT2D eigenvalue weighted by Gasteiger charge is 2.31. The van der Waals surface area contributed by atoms with Crippen LogP contribution in [0.5, 0.6) is 0 Å². The summed E-state index contributed by atoms with van der Waals surface area (Å²) in [7, 11) is 0. The SMILES string of the molecule is Nc1ncnc2cc(C(F)(F)F)cnc12.c1cncnc1. The van der Waals surface area contributed by atoms with Crippen LogP contribution < -0.4 is 5.73 Å². The maximum Gasteiger partial charge on any atom is 0.417 e. The predicted molar refractivity (Wildman–Crippen MR) is 68.8 cm³/mol. The van der Waals surface area contributed by atoms with Gasteiger partial charge in [0.05, 0.1) is 11.1 Å².